The second kappa shape index (κ2) is 19.8. The van der Waals surface area contributed by atoms with Crippen molar-refractivity contribution in [2.75, 3.05) is 27.3 Å². The number of hydrogen-bond donors (Lipinski definition) is 4. The Balaban J connectivity index is 1.05. The highest BCUT2D eigenvalue weighted by Gasteiger charge is 2.42. The molecule has 6 atom stereocenters. The lowest BCUT2D eigenvalue weighted by Crippen LogP contribution is -2.51. The summed E-state index contributed by atoms with van der Waals surface area (Å²) in [5.74, 6) is 0.145. The molecule has 0 saturated carbocycles. The number of H-pyrrole nitrogens is 2. The standard InChI is InChI=1S/C52H59F2N9O8/c1-26(2)44(59-51(66)68-7)48(64)61-16-10-13-39(61)46-55-23-36(57-46)29-14-15-38-32(17-29)20-40-43-35(54)19-31(21-42(43)71-50(63(38)40)30-11-9-12-34(18-30)70-28(5)6)37-24-56-47(58-37)41-22-33(53)25-62(41)49(65)45(27(3)4)60-52(67)69-8/h9,11-12,14-15,17-21,23-24,26-28,33,39,41,44-45,50H,10,13,16,22,25H2,1-8H3,(H,55,57)(H,56,58)(H,59,66)(H,60,67)/t33-,39+,41+,44+,45+,50?/m1/s1. The molecule has 0 radical (unpaired) electrons. The van der Waals surface area contributed by atoms with E-state index < -0.39 is 54.4 Å². The van der Waals surface area contributed by atoms with E-state index in [2.05, 4.69) is 25.6 Å². The van der Waals surface area contributed by atoms with Crippen LogP contribution in [0.5, 0.6) is 11.5 Å². The van der Waals surface area contributed by atoms with E-state index in [9.17, 15) is 19.2 Å². The number of aromatic nitrogens is 5. The molecule has 3 aromatic carbocycles. The van der Waals surface area contributed by atoms with Gasteiger partial charge in [0.05, 0.1) is 79.5 Å². The Hall–Kier alpha value is -7.44. The molecule has 6 aromatic rings. The fraction of sp³-hybridized carbons (Fsp3) is 0.423. The van der Waals surface area contributed by atoms with Crippen molar-refractivity contribution >= 4 is 34.9 Å². The van der Waals surface area contributed by atoms with Gasteiger partial charge in [-0.3, -0.25) is 9.59 Å². The number of amides is 4. The highest BCUT2D eigenvalue weighted by molar-refractivity contribution is 5.93. The van der Waals surface area contributed by atoms with Gasteiger partial charge in [-0.15, -0.1) is 0 Å². The Labute approximate surface area is 409 Å². The molecule has 3 aliphatic rings. The first-order chi connectivity index (χ1) is 34.0. The van der Waals surface area contributed by atoms with Crippen molar-refractivity contribution < 1.29 is 46.9 Å². The second-order valence-electron chi connectivity index (χ2n) is 19.3. The topological polar surface area (TPSA) is 198 Å². The fourth-order valence-corrected chi connectivity index (χ4v) is 9.99. The van der Waals surface area contributed by atoms with Crippen LogP contribution < -0.4 is 20.1 Å². The third kappa shape index (κ3) is 9.48. The highest BCUT2D eigenvalue weighted by Crippen LogP contribution is 2.48. The number of aromatic amines is 2. The Morgan fingerprint density at radius 3 is 2.08 bits per heavy atom. The van der Waals surface area contributed by atoms with Crippen molar-refractivity contribution in [3.8, 4) is 45.3 Å². The molecule has 0 spiro atoms. The van der Waals surface area contributed by atoms with Crippen LogP contribution in [0.15, 0.2) is 73.1 Å². The summed E-state index contributed by atoms with van der Waals surface area (Å²) in [7, 11) is 2.47. The third-order valence-corrected chi connectivity index (χ3v) is 13.4. The van der Waals surface area contributed by atoms with Gasteiger partial charge in [0, 0.05) is 35.0 Å². The molecule has 71 heavy (non-hydrogen) atoms. The normalized spacial score (nSPS) is 19.4. The zero-order chi connectivity index (χ0) is 50.4. The average molecular weight is 976 g/mol. The van der Waals surface area contributed by atoms with Gasteiger partial charge in [0.2, 0.25) is 18.0 Å². The van der Waals surface area contributed by atoms with Crippen molar-refractivity contribution in [3.63, 3.8) is 0 Å². The molecule has 6 heterocycles. The van der Waals surface area contributed by atoms with Gasteiger partial charge in [-0.25, -0.2) is 28.3 Å². The lowest BCUT2D eigenvalue weighted by atomic mass is 10.0. The molecule has 3 aromatic heterocycles. The van der Waals surface area contributed by atoms with Crippen LogP contribution in [0.3, 0.4) is 0 Å². The van der Waals surface area contributed by atoms with E-state index >= 15 is 8.78 Å². The summed E-state index contributed by atoms with van der Waals surface area (Å²) in [6, 6.07) is 15.8. The van der Waals surface area contributed by atoms with Crippen molar-refractivity contribution in [1.82, 2.24) is 44.9 Å². The summed E-state index contributed by atoms with van der Waals surface area (Å²) in [6.07, 6.45) is 1.10. The number of ether oxygens (including phenoxy) is 4. The molecule has 0 bridgehead atoms. The van der Waals surface area contributed by atoms with Gasteiger partial charge in [-0.1, -0.05) is 45.9 Å². The molecule has 1 unspecified atom stereocenters. The Bertz CT molecular complexity index is 2980. The molecule has 0 aliphatic carbocycles. The number of imidazole rings is 2. The van der Waals surface area contributed by atoms with Crippen LogP contribution in [0.2, 0.25) is 0 Å². The van der Waals surface area contributed by atoms with Crippen LogP contribution in [0.25, 0.3) is 44.7 Å². The minimum absolute atomic E-state index is 0.0188. The first kappa shape index (κ1) is 48.6. The molecular formula is C52H59F2N9O8. The van der Waals surface area contributed by atoms with Gasteiger partial charge in [-0.2, -0.15) is 0 Å². The molecule has 9 rings (SSSR count). The van der Waals surface area contributed by atoms with Gasteiger partial charge in [0.1, 0.15) is 47.2 Å². The molecule has 17 nitrogen and oxygen atoms in total. The highest BCUT2D eigenvalue weighted by atomic mass is 19.1. The Kier molecular flexibility index (Phi) is 13.5. The number of nitrogens with zero attached hydrogens (tertiary/aromatic N) is 5. The van der Waals surface area contributed by atoms with Gasteiger partial charge in [0.15, 0.2) is 0 Å². The number of halogens is 2. The summed E-state index contributed by atoms with van der Waals surface area (Å²) in [5.41, 5.74) is 4.75. The maximum Gasteiger partial charge on any atom is 0.407 e. The number of alkyl carbamates (subject to hydrolysis) is 2. The van der Waals surface area contributed by atoms with Gasteiger partial charge < -0.3 is 53.9 Å². The number of fused-ring (bicyclic) bond motifs is 5. The van der Waals surface area contributed by atoms with E-state index in [1.165, 1.54) is 31.4 Å². The summed E-state index contributed by atoms with van der Waals surface area (Å²) in [4.78, 5) is 71.1. The molecule has 2 saturated heterocycles. The van der Waals surface area contributed by atoms with Crippen molar-refractivity contribution in [1.29, 1.82) is 0 Å². The minimum Gasteiger partial charge on any atom is -0.491 e. The molecule has 3 aliphatic heterocycles. The largest absolute Gasteiger partial charge is 0.491 e. The monoisotopic (exact) mass is 975 g/mol. The number of methoxy groups -OCH3 is 2. The maximum atomic E-state index is 17.0. The third-order valence-electron chi connectivity index (χ3n) is 13.4. The molecule has 4 amide bonds. The zero-order valence-electron chi connectivity index (χ0n) is 40.9. The van der Waals surface area contributed by atoms with Crippen LogP contribution in [0, 0.1) is 17.7 Å². The maximum absolute atomic E-state index is 17.0. The Morgan fingerprint density at radius 1 is 0.789 bits per heavy atom. The van der Waals surface area contributed by atoms with Crippen LogP contribution >= 0.6 is 0 Å². The van der Waals surface area contributed by atoms with Crippen molar-refractivity contribution in [3.05, 3.63) is 96.1 Å². The summed E-state index contributed by atoms with van der Waals surface area (Å²) >= 11 is 0. The van der Waals surface area contributed by atoms with Gasteiger partial charge in [0.25, 0.3) is 0 Å². The number of benzene rings is 3. The quantitative estimate of drug-likeness (QED) is 0.0867. The van der Waals surface area contributed by atoms with E-state index in [0.29, 0.717) is 47.3 Å². The SMILES string of the molecule is COC(=O)N[C@H](C(=O)N1CCC[C@H]1c1ncc(-c2ccc3c(c2)cc2n3C(c3cccc(OC(C)C)c3)Oc3cc(-c4cnc([C@@H]5C[C@@H](F)CN5C(=O)[C@@H](NC(=O)OC)C(C)C)[nH]4)cc(F)c3-2)[nH]1)C(C)C. The molecule has 4 N–H and O–H groups in total. The van der Waals surface area contributed by atoms with Crippen LogP contribution in [0.1, 0.15) is 96.3 Å². The number of alkyl halides is 1. The predicted molar refractivity (Wildman–Crippen MR) is 259 cm³/mol. The van der Waals surface area contributed by atoms with E-state index in [1.807, 2.05) is 80.8 Å². The first-order valence-electron chi connectivity index (χ1n) is 24.0. The second-order valence-corrected chi connectivity index (χ2v) is 19.3. The lowest BCUT2D eigenvalue weighted by molar-refractivity contribution is -0.136. The van der Waals surface area contributed by atoms with Gasteiger partial charge in [-0.05, 0) is 81.0 Å². The predicted octanol–water partition coefficient (Wildman–Crippen LogP) is 8.99. The first-order valence-corrected chi connectivity index (χ1v) is 24.0. The number of carbonyl (C=O) groups is 4. The van der Waals surface area contributed by atoms with E-state index in [0.717, 1.165) is 34.1 Å². The number of rotatable bonds is 13. The van der Waals surface area contributed by atoms with E-state index in [4.69, 9.17) is 23.9 Å². The summed E-state index contributed by atoms with van der Waals surface area (Å²) in [6.45, 7) is 11.5. The van der Waals surface area contributed by atoms with Crippen LogP contribution in [-0.2, 0) is 19.1 Å². The van der Waals surface area contributed by atoms with Crippen molar-refractivity contribution in [2.24, 2.45) is 11.8 Å². The zero-order valence-corrected chi connectivity index (χ0v) is 40.9. The number of carbonyl (C=O) groups excluding carboxylic acids is 4. The number of nitrogens with one attached hydrogen (secondary N) is 4. The smallest absolute Gasteiger partial charge is 0.407 e. The summed E-state index contributed by atoms with van der Waals surface area (Å²) < 4.78 is 56.6. The Morgan fingerprint density at radius 2 is 1.44 bits per heavy atom. The molecule has 19 heteroatoms. The molecular weight excluding hydrogens is 917 g/mol. The molecule has 374 valence electrons. The number of hydrogen-bond acceptors (Lipinski definition) is 10. The fourth-order valence-electron chi connectivity index (χ4n) is 9.99. The number of likely N-dealkylation sites (tertiary alicyclic amines) is 2. The van der Waals surface area contributed by atoms with Crippen LogP contribution in [-0.4, -0.2) is 110 Å². The summed E-state index contributed by atoms with van der Waals surface area (Å²) in [5, 5.41) is 6.08. The van der Waals surface area contributed by atoms with E-state index in [1.54, 1.807) is 31.0 Å². The van der Waals surface area contributed by atoms with E-state index in [-0.39, 0.29) is 54.2 Å². The van der Waals surface area contributed by atoms with Crippen molar-refractivity contribution in [2.45, 2.75) is 103 Å². The molecule has 2 fully saturated rings. The minimum atomic E-state index is -1.33. The average Bonchev–Trinajstić information content (AvgIpc) is 4.21. The lowest BCUT2D eigenvalue weighted by Gasteiger charge is -2.31. The van der Waals surface area contributed by atoms with Gasteiger partial charge >= 0.3 is 12.2 Å². The van der Waals surface area contributed by atoms with Crippen LogP contribution in [0.4, 0.5) is 18.4 Å².